The molecule has 0 atom stereocenters. The van der Waals surface area contributed by atoms with Crippen molar-refractivity contribution in [1.82, 2.24) is 15.2 Å². The molecule has 110 valence electrons. The third-order valence-electron chi connectivity index (χ3n) is 3.18. The number of hydrogen-bond acceptors (Lipinski definition) is 6. The molecular weight excluding hydrogens is 294 g/mol. The maximum absolute atomic E-state index is 10.7. The predicted octanol–water partition coefficient (Wildman–Crippen LogP) is 2.99. The summed E-state index contributed by atoms with van der Waals surface area (Å²) in [7, 11) is 0. The molecule has 0 aliphatic carbocycles. The third kappa shape index (κ3) is 2.87. The second-order valence-corrected chi connectivity index (χ2v) is 4.61. The van der Waals surface area contributed by atoms with Crippen LogP contribution in [0.1, 0.15) is 5.69 Å². The van der Waals surface area contributed by atoms with Gasteiger partial charge in [-0.05, 0) is 12.1 Å². The molecule has 0 amide bonds. The topological polar surface area (TPSA) is 106 Å². The van der Waals surface area contributed by atoms with Gasteiger partial charge in [-0.1, -0.05) is 30.3 Å². The highest BCUT2D eigenvalue weighted by molar-refractivity contribution is 5.66. The van der Waals surface area contributed by atoms with Crippen molar-refractivity contribution in [3.8, 4) is 28.7 Å². The first-order valence-electron chi connectivity index (χ1n) is 6.64. The number of aromatic nitrogens is 3. The lowest BCUT2D eigenvalue weighted by Crippen LogP contribution is -2.00. The third-order valence-corrected chi connectivity index (χ3v) is 3.18. The van der Waals surface area contributed by atoms with Crippen molar-refractivity contribution in [2.24, 2.45) is 0 Å². The van der Waals surface area contributed by atoms with Crippen LogP contribution in [0, 0.1) is 21.4 Å². The normalized spacial score (nSPS) is 10.0. The molecule has 3 aromatic rings. The van der Waals surface area contributed by atoms with E-state index in [0.717, 1.165) is 5.56 Å². The smallest absolute Gasteiger partial charge is 0.258 e. The fraction of sp³-hybridized carbons (Fsp3) is 0. The SMILES string of the molecule is N#Cc1nc(-c2ccc([N+](=O)[O-])cc2)nnc1-c1ccccc1. The molecule has 0 fully saturated rings. The van der Waals surface area contributed by atoms with Crippen molar-refractivity contribution < 1.29 is 4.92 Å². The van der Waals surface area contributed by atoms with Crippen LogP contribution in [0.2, 0.25) is 0 Å². The van der Waals surface area contributed by atoms with Crippen molar-refractivity contribution in [1.29, 1.82) is 5.26 Å². The number of rotatable bonds is 3. The van der Waals surface area contributed by atoms with Crippen LogP contribution in [-0.2, 0) is 0 Å². The van der Waals surface area contributed by atoms with Crippen molar-refractivity contribution in [3.63, 3.8) is 0 Å². The van der Waals surface area contributed by atoms with E-state index in [0.29, 0.717) is 11.3 Å². The average Bonchev–Trinajstić information content (AvgIpc) is 2.62. The highest BCUT2D eigenvalue weighted by atomic mass is 16.6. The molecule has 0 saturated heterocycles. The van der Waals surface area contributed by atoms with E-state index in [1.54, 1.807) is 0 Å². The van der Waals surface area contributed by atoms with E-state index in [1.807, 2.05) is 36.4 Å². The molecule has 1 aromatic heterocycles. The number of nitrogens with zero attached hydrogens (tertiary/aromatic N) is 5. The van der Waals surface area contributed by atoms with Gasteiger partial charge in [0.1, 0.15) is 11.8 Å². The van der Waals surface area contributed by atoms with E-state index in [2.05, 4.69) is 15.2 Å². The number of nitro benzene ring substituents is 1. The molecule has 7 heteroatoms. The summed E-state index contributed by atoms with van der Waals surface area (Å²) in [4.78, 5) is 14.4. The molecule has 0 N–H and O–H groups in total. The molecule has 0 aliphatic rings. The summed E-state index contributed by atoms with van der Waals surface area (Å²) >= 11 is 0. The molecule has 3 rings (SSSR count). The molecule has 23 heavy (non-hydrogen) atoms. The molecule has 0 radical (unpaired) electrons. The summed E-state index contributed by atoms with van der Waals surface area (Å²) in [6.07, 6.45) is 0. The molecule has 0 saturated carbocycles. The zero-order valence-corrected chi connectivity index (χ0v) is 11.7. The summed E-state index contributed by atoms with van der Waals surface area (Å²) in [5.74, 6) is 0.246. The lowest BCUT2D eigenvalue weighted by Gasteiger charge is -2.04. The van der Waals surface area contributed by atoms with Gasteiger partial charge < -0.3 is 0 Å². The van der Waals surface area contributed by atoms with Gasteiger partial charge in [0.05, 0.1) is 4.92 Å². The number of nitro groups is 1. The van der Waals surface area contributed by atoms with Crippen LogP contribution in [0.4, 0.5) is 5.69 Å². The number of benzene rings is 2. The quantitative estimate of drug-likeness (QED) is 0.544. The van der Waals surface area contributed by atoms with Crippen LogP contribution in [0.5, 0.6) is 0 Å². The molecule has 7 nitrogen and oxygen atoms in total. The largest absolute Gasteiger partial charge is 0.269 e. The van der Waals surface area contributed by atoms with Crippen LogP contribution >= 0.6 is 0 Å². The maximum atomic E-state index is 10.7. The van der Waals surface area contributed by atoms with Crippen molar-refractivity contribution in [2.75, 3.05) is 0 Å². The van der Waals surface area contributed by atoms with Gasteiger partial charge in [-0.25, -0.2) is 4.98 Å². The lowest BCUT2D eigenvalue weighted by atomic mass is 10.1. The number of non-ortho nitro benzene ring substituents is 1. The molecule has 0 aliphatic heterocycles. The van der Waals surface area contributed by atoms with E-state index in [9.17, 15) is 15.4 Å². The minimum Gasteiger partial charge on any atom is -0.258 e. The van der Waals surface area contributed by atoms with Gasteiger partial charge in [-0.2, -0.15) is 5.26 Å². The molecule has 0 spiro atoms. The van der Waals surface area contributed by atoms with Gasteiger partial charge in [0.2, 0.25) is 0 Å². The molecule has 2 aromatic carbocycles. The first-order chi connectivity index (χ1) is 11.2. The number of hydrogen-bond donors (Lipinski definition) is 0. The molecule has 1 heterocycles. The number of nitriles is 1. The minimum atomic E-state index is -0.484. The van der Waals surface area contributed by atoms with Gasteiger partial charge in [0.15, 0.2) is 11.5 Å². The Bertz CT molecular complexity index is 902. The van der Waals surface area contributed by atoms with E-state index in [1.165, 1.54) is 24.3 Å². The van der Waals surface area contributed by atoms with Gasteiger partial charge in [-0.3, -0.25) is 10.1 Å². The van der Waals surface area contributed by atoms with Crippen LogP contribution in [0.15, 0.2) is 54.6 Å². The van der Waals surface area contributed by atoms with Gasteiger partial charge in [0, 0.05) is 23.3 Å². The first kappa shape index (κ1) is 14.3. The Morgan fingerprint density at radius 1 is 0.957 bits per heavy atom. The van der Waals surface area contributed by atoms with Gasteiger partial charge >= 0.3 is 0 Å². The zero-order valence-electron chi connectivity index (χ0n) is 11.7. The Hall–Kier alpha value is -3.66. The second-order valence-electron chi connectivity index (χ2n) is 4.61. The van der Waals surface area contributed by atoms with E-state index < -0.39 is 4.92 Å². The lowest BCUT2D eigenvalue weighted by molar-refractivity contribution is -0.384. The monoisotopic (exact) mass is 303 g/mol. The van der Waals surface area contributed by atoms with E-state index >= 15 is 0 Å². The summed E-state index contributed by atoms with van der Waals surface area (Å²) in [6.45, 7) is 0. The van der Waals surface area contributed by atoms with Gasteiger partial charge in [0.25, 0.3) is 5.69 Å². The van der Waals surface area contributed by atoms with Crippen molar-refractivity contribution >= 4 is 5.69 Å². The fourth-order valence-corrected chi connectivity index (χ4v) is 2.05. The van der Waals surface area contributed by atoms with Crippen LogP contribution in [0.3, 0.4) is 0 Å². The Labute approximate surface area is 131 Å². The first-order valence-corrected chi connectivity index (χ1v) is 6.64. The van der Waals surface area contributed by atoms with Crippen LogP contribution in [-0.4, -0.2) is 20.1 Å². The fourth-order valence-electron chi connectivity index (χ4n) is 2.05. The van der Waals surface area contributed by atoms with E-state index in [4.69, 9.17) is 0 Å². The molecule has 0 bridgehead atoms. The van der Waals surface area contributed by atoms with Gasteiger partial charge in [-0.15, -0.1) is 10.2 Å². The molecular formula is C16H9N5O2. The Morgan fingerprint density at radius 2 is 1.65 bits per heavy atom. The summed E-state index contributed by atoms with van der Waals surface area (Å²) in [5, 5.41) is 28.1. The summed E-state index contributed by atoms with van der Waals surface area (Å²) < 4.78 is 0. The maximum Gasteiger partial charge on any atom is 0.269 e. The Morgan fingerprint density at radius 3 is 2.26 bits per heavy atom. The van der Waals surface area contributed by atoms with Crippen molar-refractivity contribution in [2.45, 2.75) is 0 Å². The predicted molar refractivity (Wildman–Crippen MR) is 82.1 cm³/mol. The Kier molecular flexibility index (Phi) is 3.72. The highest BCUT2D eigenvalue weighted by Crippen LogP contribution is 2.23. The second kappa shape index (κ2) is 5.99. The average molecular weight is 303 g/mol. The van der Waals surface area contributed by atoms with Crippen LogP contribution < -0.4 is 0 Å². The van der Waals surface area contributed by atoms with Crippen LogP contribution in [0.25, 0.3) is 22.6 Å². The Balaban J connectivity index is 2.03. The summed E-state index contributed by atoms with van der Waals surface area (Å²) in [6, 6.07) is 16.9. The van der Waals surface area contributed by atoms with Crippen molar-refractivity contribution in [3.05, 3.63) is 70.4 Å². The highest BCUT2D eigenvalue weighted by Gasteiger charge is 2.13. The zero-order chi connectivity index (χ0) is 16.2. The molecule has 0 unspecified atom stereocenters. The standard InChI is InChI=1S/C16H9N5O2/c17-10-14-15(11-4-2-1-3-5-11)19-20-16(18-14)12-6-8-13(9-7-12)21(22)23/h1-9H. The van der Waals surface area contributed by atoms with E-state index in [-0.39, 0.29) is 17.2 Å². The minimum absolute atomic E-state index is 0.0249. The summed E-state index contributed by atoms with van der Waals surface area (Å²) in [5.41, 5.74) is 1.83.